The number of nitrogens with one attached hydrogen (secondary N) is 2. The normalized spacial score (nSPS) is 16.8. The molecule has 1 aromatic carbocycles. The predicted molar refractivity (Wildman–Crippen MR) is 91.3 cm³/mol. The molecule has 7 nitrogen and oxygen atoms in total. The molecule has 0 saturated carbocycles. The van der Waals surface area contributed by atoms with Crippen molar-refractivity contribution in [1.82, 2.24) is 20.1 Å². The zero-order valence-corrected chi connectivity index (χ0v) is 14.0. The summed E-state index contributed by atoms with van der Waals surface area (Å²) in [5, 5.41) is 10.1. The summed E-state index contributed by atoms with van der Waals surface area (Å²) >= 11 is 0. The first-order valence-electron chi connectivity index (χ1n) is 6.84. The topological polar surface area (TPSA) is 81.1 Å². The van der Waals surface area contributed by atoms with Crippen LogP contribution in [-0.2, 0) is 16.1 Å². The number of ether oxygens (including phenoxy) is 1. The van der Waals surface area contributed by atoms with E-state index in [1.807, 2.05) is 24.3 Å². The highest BCUT2D eigenvalue weighted by atomic mass is 35.5. The summed E-state index contributed by atoms with van der Waals surface area (Å²) in [6.45, 7) is 2.38. The molecule has 1 fully saturated rings. The average Bonchev–Trinajstić information content (AvgIpc) is 3.01. The molecule has 0 spiro atoms. The summed E-state index contributed by atoms with van der Waals surface area (Å²) < 4.78 is 7.03. The van der Waals surface area contributed by atoms with Crippen molar-refractivity contribution in [3.05, 3.63) is 42.5 Å². The Kier molecular flexibility index (Phi) is 7.97. The number of hydrogen-bond donors (Lipinski definition) is 2. The molecule has 1 aliphatic rings. The highest BCUT2D eigenvalue weighted by Gasteiger charge is 2.21. The van der Waals surface area contributed by atoms with E-state index in [4.69, 9.17) is 4.74 Å². The Balaban J connectivity index is 0.00000132. The van der Waals surface area contributed by atoms with Crippen LogP contribution in [0.3, 0.4) is 0 Å². The summed E-state index contributed by atoms with van der Waals surface area (Å²) in [5.41, 5.74) is 1.82. The van der Waals surface area contributed by atoms with Gasteiger partial charge in [0.15, 0.2) is 0 Å². The summed E-state index contributed by atoms with van der Waals surface area (Å²) in [5.74, 6) is -0.0763. The van der Waals surface area contributed by atoms with E-state index in [0.717, 1.165) is 11.3 Å². The van der Waals surface area contributed by atoms with Crippen LogP contribution < -0.4 is 10.6 Å². The number of hydrogen-bond acceptors (Lipinski definition) is 5. The molecule has 2 aromatic rings. The Morgan fingerprint density at radius 2 is 2.30 bits per heavy atom. The number of nitrogens with zero attached hydrogens (tertiary/aromatic N) is 3. The first-order valence-corrected chi connectivity index (χ1v) is 6.84. The molecule has 1 amide bonds. The maximum Gasteiger partial charge on any atom is 0.243 e. The van der Waals surface area contributed by atoms with Crippen molar-refractivity contribution < 1.29 is 9.53 Å². The number of carbonyl (C=O) groups excluding carboxylic acids is 1. The molecular formula is C14H19Cl2N5O2. The Morgan fingerprint density at radius 3 is 3.00 bits per heavy atom. The fourth-order valence-corrected chi connectivity index (χ4v) is 2.21. The molecule has 126 valence electrons. The van der Waals surface area contributed by atoms with Gasteiger partial charge in [0.1, 0.15) is 18.7 Å². The van der Waals surface area contributed by atoms with Crippen molar-refractivity contribution in [1.29, 1.82) is 0 Å². The number of anilines is 1. The van der Waals surface area contributed by atoms with E-state index in [1.165, 1.54) is 6.33 Å². The van der Waals surface area contributed by atoms with Crippen LogP contribution in [0.1, 0.15) is 5.56 Å². The van der Waals surface area contributed by atoms with Crippen LogP contribution in [0.4, 0.5) is 5.69 Å². The van der Waals surface area contributed by atoms with Crippen LogP contribution in [0, 0.1) is 0 Å². The van der Waals surface area contributed by atoms with Crippen molar-refractivity contribution in [3.63, 3.8) is 0 Å². The lowest BCUT2D eigenvalue weighted by molar-refractivity contribution is -0.120. The van der Waals surface area contributed by atoms with Gasteiger partial charge in [-0.25, -0.2) is 9.67 Å². The minimum atomic E-state index is -0.294. The van der Waals surface area contributed by atoms with Crippen LogP contribution in [0.2, 0.25) is 0 Å². The number of rotatable bonds is 4. The van der Waals surface area contributed by atoms with Crippen LogP contribution in [0.15, 0.2) is 36.9 Å². The maximum atomic E-state index is 12.1. The van der Waals surface area contributed by atoms with Crippen molar-refractivity contribution in [2.45, 2.75) is 12.6 Å². The van der Waals surface area contributed by atoms with Gasteiger partial charge in [0.2, 0.25) is 5.91 Å². The molecule has 1 saturated heterocycles. The van der Waals surface area contributed by atoms with Gasteiger partial charge in [-0.1, -0.05) is 12.1 Å². The second-order valence-electron chi connectivity index (χ2n) is 4.86. The fourth-order valence-electron chi connectivity index (χ4n) is 2.21. The van der Waals surface area contributed by atoms with Gasteiger partial charge >= 0.3 is 0 Å². The van der Waals surface area contributed by atoms with Gasteiger partial charge in [0.25, 0.3) is 0 Å². The second-order valence-corrected chi connectivity index (χ2v) is 4.86. The minimum Gasteiger partial charge on any atom is -0.378 e. The van der Waals surface area contributed by atoms with E-state index >= 15 is 0 Å². The first kappa shape index (κ1) is 19.4. The Bertz CT molecular complexity index is 603. The lowest BCUT2D eigenvalue weighted by Gasteiger charge is -2.23. The molecule has 9 heteroatoms. The van der Waals surface area contributed by atoms with Crippen LogP contribution >= 0.6 is 24.8 Å². The van der Waals surface area contributed by atoms with Gasteiger partial charge in [-0.2, -0.15) is 5.10 Å². The third-order valence-corrected chi connectivity index (χ3v) is 3.24. The first-order chi connectivity index (χ1) is 10.3. The lowest BCUT2D eigenvalue weighted by Crippen LogP contribution is -2.48. The van der Waals surface area contributed by atoms with Crippen molar-refractivity contribution in [2.24, 2.45) is 0 Å². The van der Waals surface area contributed by atoms with Gasteiger partial charge in [-0.15, -0.1) is 24.8 Å². The molecule has 0 radical (unpaired) electrons. The molecule has 2 heterocycles. The highest BCUT2D eigenvalue weighted by molar-refractivity contribution is 5.95. The number of benzene rings is 1. The smallest absolute Gasteiger partial charge is 0.243 e. The maximum absolute atomic E-state index is 12.1. The Morgan fingerprint density at radius 1 is 1.43 bits per heavy atom. The van der Waals surface area contributed by atoms with Crippen LogP contribution in [-0.4, -0.2) is 46.5 Å². The van der Waals surface area contributed by atoms with E-state index < -0.39 is 0 Å². The summed E-state index contributed by atoms with van der Waals surface area (Å²) in [7, 11) is 0. The largest absolute Gasteiger partial charge is 0.378 e. The lowest BCUT2D eigenvalue weighted by atomic mass is 10.2. The Hall–Kier alpha value is -1.67. The van der Waals surface area contributed by atoms with E-state index in [0.29, 0.717) is 26.3 Å². The minimum absolute atomic E-state index is 0. The van der Waals surface area contributed by atoms with E-state index in [-0.39, 0.29) is 36.8 Å². The molecule has 23 heavy (non-hydrogen) atoms. The van der Waals surface area contributed by atoms with E-state index in [9.17, 15) is 4.79 Å². The van der Waals surface area contributed by atoms with Gasteiger partial charge in [-0.05, 0) is 17.7 Å². The average molecular weight is 360 g/mol. The molecule has 0 bridgehead atoms. The summed E-state index contributed by atoms with van der Waals surface area (Å²) in [6, 6.07) is 7.40. The van der Waals surface area contributed by atoms with Gasteiger partial charge in [0.05, 0.1) is 19.8 Å². The Labute approximate surface area is 146 Å². The molecule has 0 aliphatic carbocycles. The van der Waals surface area contributed by atoms with Crippen molar-refractivity contribution >= 4 is 36.4 Å². The molecule has 1 atom stereocenters. The number of carbonyl (C=O) groups is 1. The number of morpholine rings is 1. The molecular weight excluding hydrogens is 341 g/mol. The third-order valence-electron chi connectivity index (χ3n) is 3.24. The number of halogens is 2. The van der Waals surface area contributed by atoms with Gasteiger partial charge in [-0.3, -0.25) is 4.79 Å². The van der Waals surface area contributed by atoms with Crippen molar-refractivity contribution in [3.8, 4) is 0 Å². The summed E-state index contributed by atoms with van der Waals surface area (Å²) in [6.07, 6.45) is 3.16. The predicted octanol–water partition coefficient (Wildman–Crippen LogP) is 1.10. The molecule has 1 aliphatic heterocycles. The number of aromatic nitrogens is 3. The number of amides is 1. The zero-order valence-electron chi connectivity index (χ0n) is 12.3. The van der Waals surface area contributed by atoms with Crippen molar-refractivity contribution in [2.75, 3.05) is 25.1 Å². The second kappa shape index (κ2) is 9.46. The van der Waals surface area contributed by atoms with Crippen LogP contribution in [0.5, 0.6) is 0 Å². The molecule has 2 N–H and O–H groups in total. The highest BCUT2D eigenvalue weighted by Crippen LogP contribution is 2.12. The molecule has 1 unspecified atom stereocenters. The fraction of sp³-hybridized carbons (Fsp3) is 0.357. The molecule has 1 aromatic heterocycles. The third kappa shape index (κ3) is 5.47. The summed E-state index contributed by atoms with van der Waals surface area (Å²) in [4.78, 5) is 16.0. The quantitative estimate of drug-likeness (QED) is 0.854. The zero-order chi connectivity index (χ0) is 14.5. The van der Waals surface area contributed by atoms with E-state index in [1.54, 1.807) is 11.0 Å². The molecule has 3 rings (SSSR count). The van der Waals surface area contributed by atoms with Gasteiger partial charge in [0, 0.05) is 12.2 Å². The van der Waals surface area contributed by atoms with Gasteiger partial charge < -0.3 is 15.4 Å². The monoisotopic (exact) mass is 359 g/mol. The SMILES string of the molecule is Cl.Cl.O=C(Nc1cccc(Cn2cncn2)c1)C1COCCN1. The van der Waals surface area contributed by atoms with Crippen LogP contribution in [0.25, 0.3) is 0 Å². The standard InChI is InChI=1S/C14H17N5O2.2ClH/c20-14(13-8-21-5-4-16-13)18-12-3-1-2-11(6-12)7-19-10-15-9-17-19;;/h1-3,6,9-10,13,16H,4-5,7-8H2,(H,18,20);2*1H. The van der Waals surface area contributed by atoms with E-state index in [2.05, 4.69) is 20.7 Å².